The van der Waals surface area contributed by atoms with Gasteiger partial charge in [0, 0.05) is 5.56 Å². The van der Waals surface area contributed by atoms with Crippen LogP contribution in [0.4, 0.5) is 0 Å². The molecule has 0 bridgehead atoms. The van der Waals surface area contributed by atoms with E-state index in [0.29, 0.717) is 16.9 Å². The number of rotatable bonds is 10. The summed E-state index contributed by atoms with van der Waals surface area (Å²) in [6, 6.07) is 26.1. The second-order valence-electron chi connectivity index (χ2n) is 7.15. The van der Waals surface area contributed by atoms with Gasteiger partial charge in [0.2, 0.25) is 0 Å². The minimum absolute atomic E-state index is 0.107. The van der Waals surface area contributed by atoms with Crippen LogP contribution in [0.2, 0.25) is 0 Å². The molecular weight excluding hydrogens is 390 g/mol. The molecule has 160 valence electrons. The highest BCUT2D eigenvalue weighted by Gasteiger charge is 2.17. The van der Waals surface area contributed by atoms with Crippen LogP contribution in [0.5, 0.6) is 5.75 Å². The summed E-state index contributed by atoms with van der Waals surface area (Å²) in [6.07, 6.45) is 1.73. The monoisotopic (exact) mass is 417 g/mol. The smallest absolute Gasteiger partial charge is 0.339 e. The normalized spacial score (nSPS) is 11.4. The summed E-state index contributed by atoms with van der Waals surface area (Å²) in [5.74, 6) is -0.157. The lowest BCUT2D eigenvalue weighted by atomic mass is 10.0. The highest BCUT2D eigenvalue weighted by Crippen LogP contribution is 2.18. The van der Waals surface area contributed by atoms with Gasteiger partial charge in [0.05, 0.1) is 11.6 Å². The average Bonchev–Trinajstić information content (AvgIpc) is 2.82. The molecule has 1 N–H and O–H groups in total. The maximum Gasteiger partial charge on any atom is 0.339 e. The number of esters is 1. The quantitative estimate of drug-likeness (QED) is 0.467. The van der Waals surface area contributed by atoms with Crippen LogP contribution in [0, 0.1) is 0 Å². The molecule has 3 aromatic carbocycles. The molecule has 0 radical (unpaired) electrons. The number of hydrogen-bond acceptors (Lipinski definition) is 4. The Morgan fingerprint density at radius 3 is 2.23 bits per heavy atom. The lowest BCUT2D eigenvalue weighted by Crippen LogP contribution is -2.32. The van der Waals surface area contributed by atoms with Crippen LogP contribution >= 0.6 is 0 Å². The van der Waals surface area contributed by atoms with Gasteiger partial charge in [-0.05, 0) is 30.2 Å². The Morgan fingerprint density at radius 1 is 0.871 bits per heavy atom. The van der Waals surface area contributed by atoms with E-state index in [1.54, 1.807) is 12.1 Å². The largest absolute Gasteiger partial charge is 0.489 e. The molecule has 0 saturated heterocycles. The summed E-state index contributed by atoms with van der Waals surface area (Å²) in [4.78, 5) is 25.0. The van der Waals surface area contributed by atoms with Gasteiger partial charge in [-0.2, -0.15) is 0 Å². The minimum atomic E-state index is -0.547. The topological polar surface area (TPSA) is 64.6 Å². The van der Waals surface area contributed by atoms with Crippen molar-refractivity contribution in [2.24, 2.45) is 0 Å². The zero-order valence-electron chi connectivity index (χ0n) is 17.6. The maximum absolute atomic E-state index is 12.6. The molecular formula is C26H27NO4. The first-order chi connectivity index (χ1) is 15.2. The van der Waals surface area contributed by atoms with Gasteiger partial charge in [-0.25, -0.2) is 4.79 Å². The Hall–Kier alpha value is -3.60. The van der Waals surface area contributed by atoms with E-state index in [1.165, 1.54) is 0 Å². The molecule has 0 aromatic heterocycles. The summed E-state index contributed by atoms with van der Waals surface area (Å²) in [5.41, 5.74) is 2.12. The van der Waals surface area contributed by atoms with Crippen LogP contribution in [0.3, 0.4) is 0 Å². The van der Waals surface area contributed by atoms with E-state index in [4.69, 9.17) is 9.47 Å². The fourth-order valence-electron chi connectivity index (χ4n) is 3.26. The summed E-state index contributed by atoms with van der Waals surface area (Å²) < 4.78 is 11.0. The highest BCUT2D eigenvalue weighted by atomic mass is 16.5. The zero-order chi connectivity index (χ0) is 21.9. The molecule has 0 aliphatic rings. The van der Waals surface area contributed by atoms with E-state index in [0.717, 1.165) is 18.4 Å². The predicted octanol–water partition coefficient (Wildman–Crippen LogP) is 5.08. The van der Waals surface area contributed by atoms with Crippen LogP contribution in [0.1, 0.15) is 47.3 Å². The first kappa shape index (κ1) is 22.1. The number of carbonyl (C=O) groups is 2. The number of carbonyl (C=O) groups excluding carboxylic acids is 2. The molecule has 5 heteroatoms. The number of nitrogens with one attached hydrogen (secondary N) is 1. The van der Waals surface area contributed by atoms with Crippen LogP contribution in [-0.4, -0.2) is 18.5 Å². The molecule has 0 spiro atoms. The van der Waals surface area contributed by atoms with Crippen molar-refractivity contribution in [3.8, 4) is 5.75 Å². The van der Waals surface area contributed by atoms with Crippen molar-refractivity contribution in [1.29, 1.82) is 0 Å². The molecule has 0 saturated carbocycles. The van der Waals surface area contributed by atoms with Crippen molar-refractivity contribution in [1.82, 2.24) is 5.32 Å². The number of ether oxygens (including phenoxy) is 2. The molecule has 3 rings (SSSR count). The molecule has 0 aliphatic heterocycles. The van der Waals surface area contributed by atoms with Gasteiger partial charge in [0.1, 0.15) is 12.4 Å². The lowest BCUT2D eigenvalue weighted by Gasteiger charge is -2.18. The van der Waals surface area contributed by atoms with Gasteiger partial charge < -0.3 is 14.8 Å². The minimum Gasteiger partial charge on any atom is -0.489 e. The fraction of sp³-hybridized carbons (Fsp3) is 0.231. The third-order valence-corrected chi connectivity index (χ3v) is 4.82. The fourth-order valence-corrected chi connectivity index (χ4v) is 3.26. The second-order valence-corrected chi connectivity index (χ2v) is 7.15. The van der Waals surface area contributed by atoms with Crippen molar-refractivity contribution in [2.45, 2.75) is 32.4 Å². The van der Waals surface area contributed by atoms with Crippen molar-refractivity contribution >= 4 is 11.9 Å². The van der Waals surface area contributed by atoms with Crippen LogP contribution < -0.4 is 10.1 Å². The van der Waals surface area contributed by atoms with Gasteiger partial charge in [-0.15, -0.1) is 0 Å². The standard InChI is InChI=1S/C26H27NO4/c1-2-11-24(20-12-5-3-6-13-20)27-25(28)19-31-26(29)23-17-10-9-14-21(23)18-30-22-15-7-4-8-16-22/h3-10,12-17,24H,2,11,18-19H2,1H3,(H,27,28)/t24-/m0/s1. The van der Waals surface area contributed by atoms with E-state index in [1.807, 2.05) is 72.8 Å². The van der Waals surface area contributed by atoms with E-state index in [-0.39, 0.29) is 25.2 Å². The highest BCUT2D eigenvalue weighted by molar-refractivity contribution is 5.92. The summed E-state index contributed by atoms with van der Waals surface area (Å²) in [7, 11) is 0. The van der Waals surface area contributed by atoms with Gasteiger partial charge in [0.25, 0.3) is 5.91 Å². The van der Waals surface area contributed by atoms with Crippen molar-refractivity contribution in [3.05, 3.63) is 102 Å². The number of amides is 1. The zero-order valence-corrected chi connectivity index (χ0v) is 17.6. The first-order valence-corrected chi connectivity index (χ1v) is 10.4. The average molecular weight is 418 g/mol. The van der Waals surface area contributed by atoms with E-state index in [2.05, 4.69) is 12.2 Å². The summed E-state index contributed by atoms with van der Waals surface area (Å²) in [5, 5.41) is 2.96. The number of para-hydroxylation sites is 1. The molecule has 1 amide bonds. The van der Waals surface area contributed by atoms with Gasteiger partial charge >= 0.3 is 5.97 Å². The predicted molar refractivity (Wildman–Crippen MR) is 120 cm³/mol. The van der Waals surface area contributed by atoms with Crippen LogP contribution in [-0.2, 0) is 16.1 Å². The Balaban J connectivity index is 1.57. The molecule has 0 heterocycles. The molecule has 0 fully saturated rings. The van der Waals surface area contributed by atoms with E-state index < -0.39 is 5.97 Å². The Kier molecular flexibility index (Phi) is 8.23. The van der Waals surface area contributed by atoms with E-state index in [9.17, 15) is 9.59 Å². The SMILES string of the molecule is CCC[C@H](NC(=O)COC(=O)c1ccccc1COc1ccccc1)c1ccccc1. The second kappa shape index (κ2) is 11.6. The number of benzene rings is 3. The Bertz CT molecular complexity index is 973. The van der Waals surface area contributed by atoms with E-state index >= 15 is 0 Å². The van der Waals surface area contributed by atoms with Gasteiger partial charge in [0.15, 0.2) is 6.61 Å². The molecule has 1 atom stereocenters. The van der Waals surface area contributed by atoms with Gasteiger partial charge in [-0.3, -0.25) is 4.79 Å². The lowest BCUT2D eigenvalue weighted by molar-refractivity contribution is -0.125. The molecule has 5 nitrogen and oxygen atoms in total. The first-order valence-electron chi connectivity index (χ1n) is 10.4. The molecule has 3 aromatic rings. The van der Waals surface area contributed by atoms with Gasteiger partial charge in [-0.1, -0.05) is 80.1 Å². The van der Waals surface area contributed by atoms with Crippen molar-refractivity contribution in [2.75, 3.05) is 6.61 Å². The Labute approximate surface area is 183 Å². The third kappa shape index (κ3) is 6.71. The van der Waals surface area contributed by atoms with Crippen LogP contribution in [0.15, 0.2) is 84.9 Å². The van der Waals surface area contributed by atoms with Crippen LogP contribution in [0.25, 0.3) is 0 Å². The maximum atomic E-state index is 12.6. The van der Waals surface area contributed by atoms with Crippen molar-refractivity contribution in [3.63, 3.8) is 0 Å². The molecule has 0 unspecified atom stereocenters. The molecule has 0 aliphatic carbocycles. The third-order valence-electron chi connectivity index (χ3n) is 4.82. The summed E-state index contributed by atoms with van der Waals surface area (Å²) in [6.45, 7) is 1.96. The van der Waals surface area contributed by atoms with Crippen molar-refractivity contribution < 1.29 is 19.1 Å². The number of hydrogen-bond donors (Lipinski definition) is 1. The Morgan fingerprint density at radius 2 is 1.52 bits per heavy atom. The summed E-state index contributed by atoms with van der Waals surface area (Å²) >= 11 is 0. The molecule has 31 heavy (non-hydrogen) atoms.